The molecule has 2 aromatic heterocycles. The molecule has 1 fully saturated rings. The molecule has 0 radical (unpaired) electrons. The van der Waals surface area contributed by atoms with E-state index in [-0.39, 0.29) is 17.5 Å². The first-order valence-corrected chi connectivity index (χ1v) is 10.5. The van der Waals surface area contributed by atoms with Crippen LogP contribution >= 0.6 is 0 Å². The van der Waals surface area contributed by atoms with Gasteiger partial charge >= 0.3 is 0 Å². The number of likely N-dealkylation sites (tertiary alicyclic amines) is 1. The maximum atomic E-state index is 14.1. The van der Waals surface area contributed by atoms with Gasteiger partial charge in [0.1, 0.15) is 6.04 Å². The molecule has 1 aliphatic rings. The molecule has 1 aliphatic heterocycles. The van der Waals surface area contributed by atoms with Gasteiger partial charge in [0.15, 0.2) is 11.6 Å². The second-order valence-electron chi connectivity index (χ2n) is 7.77. The number of rotatable bonds is 5. The lowest BCUT2D eigenvalue weighted by Crippen LogP contribution is -2.31. The van der Waals surface area contributed by atoms with Crippen molar-refractivity contribution in [1.82, 2.24) is 30.0 Å². The molecule has 5 rings (SSSR count). The number of aryl methyl sites for hydroxylation is 1. The van der Waals surface area contributed by atoms with E-state index in [2.05, 4.69) is 20.3 Å². The second kappa shape index (κ2) is 8.45. The molecule has 1 atom stereocenters. The minimum Gasteiger partial charge on any atom is -0.493 e. The van der Waals surface area contributed by atoms with Crippen LogP contribution in [0.2, 0.25) is 0 Å². The first-order chi connectivity index (χ1) is 16.1. The molecule has 3 heterocycles. The van der Waals surface area contributed by atoms with Crippen LogP contribution in [0.5, 0.6) is 5.75 Å². The third-order valence-corrected chi connectivity index (χ3v) is 5.67. The average Bonchev–Trinajstić information content (AvgIpc) is 3.59. The summed E-state index contributed by atoms with van der Waals surface area (Å²) in [5.41, 5.74) is 2.42. The summed E-state index contributed by atoms with van der Waals surface area (Å²) in [4.78, 5) is 21.3. The summed E-state index contributed by atoms with van der Waals surface area (Å²) in [6, 6.07) is 9.68. The fourth-order valence-corrected chi connectivity index (χ4v) is 4.13. The van der Waals surface area contributed by atoms with Crippen molar-refractivity contribution in [3.63, 3.8) is 0 Å². The summed E-state index contributed by atoms with van der Waals surface area (Å²) >= 11 is 0. The minimum absolute atomic E-state index is 0.0420. The molecule has 1 unspecified atom stereocenters. The number of amides is 1. The Balaban J connectivity index is 1.48. The van der Waals surface area contributed by atoms with Crippen LogP contribution in [0.3, 0.4) is 0 Å². The van der Waals surface area contributed by atoms with Gasteiger partial charge in [-0.25, -0.2) is 4.39 Å². The van der Waals surface area contributed by atoms with E-state index in [4.69, 9.17) is 9.26 Å². The highest BCUT2D eigenvalue weighted by atomic mass is 19.1. The Bertz CT molecular complexity index is 1300. The van der Waals surface area contributed by atoms with Crippen molar-refractivity contribution in [1.29, 1.82) is 0 Å². The Labute approximate surface area is 188 Å². The number of nitrogens with zero attached hydrogens (tertiary/aromatic N) is 6. The quantitative estimate of drug-likeness (QED) is 0.458. The lowest BCUT2D eigenvalue weighted by atomic mass is 10.1. The summed E-state index contributed by atoms with van der Waals surface area (Å²) in [5, 5.41) is 12.4. The molecule has 10 heteroatoms. The van der Waals surface area contributed by atoms with Gasteiger partial charge in [-0.1, -0.05) is 22.9 Å². The minimum atomic E-state index is -0.516. The lowest BCUT2D eigenvalue weighted by molar-refractivity contribution is 0.0709. The van der Waals surface area contributed by atoms with Crippen LogP contribution in [-0.2, 0) is 0 Å². The van der Waals surface area contributed by atoms with Crippen molar-refractivity contribution in [3.05, 3.63) is 71.6 Å². The van der Waals surface area contributed by atoms with Gasteiger partial charge in [0.25, 0.3) is 5.91 Å². The Hall–Kier alpha value is -4.08. The van der Waals surface area contributed by atoms with E-state index in [1.54, 1.807) is 29.4 Å². The maximum Gasteiger partial charge on any atom is 0.256 e. The predicted octanol–water partition coefficient (Wildman–Crippen LogP) is 3.75. The lowest BCUT2D eigenvalue weighted by Gasteiger charge is -2.23. The van der Waals surface area contributed by atoms with Crippen molar-refractivity contribution < 1.29 is 18.4 Å². The molecule has 0 saturated carbocycles. The molecular weight excluding hydrogens is 427 g/mol. The SMILES string of the molecule is COc1c(F)cccc1-c1noc(C2CCCN2C(=O)c2cc(C)ccc2-n2nccn2)n1. The second-order valence-corrected chi connectivity index (χ2v) is 7.77. The van der Waals surface area contributed by atoms with Crippen LogP contribution in [0.25, 0.3) is 17.1 Å². The van der Waals surface area contributed by atoms with E-state index < -0.39 is 11.9 Å². The Morgan fingerprint density at radius 1 is 1.21 bits per heavy atom. The van der Waals surface area contributed by atoms with Crippen LogP contribution in [-0.4, -0.2) is 49.6 Å². The first-order valence-electron chi connectivity index (χ1n) is 10.5. The molecule has 4 aromatic rings. The Morgan fingerprint density at radius 2 is 2.03 bits per heavy atom. The monoisotopic (exact) mass is 448 g/mol. The molecule has 9 nitrogen and oxygen atoms in total. The van der Waals surface area contributed by atoms with E-state index in [1.165, 1.54) is 18.0 Å². The smallest absolute Gasteiger partial charge is 0.256 e. The number of para-hydroxylation sites is 1. The summed E-state index contributed by atoms with van der Waals surface area (Å²) in [7, 11) is 1.38. The molecule has 1 amide bonds. The molecule has 0 spiro atoms. The summed E-state index contributed by atoms with van der Waals surface area (Å²) in [5.74, 6) is -0.138. The van der Waals surface area contributed by atoms with Crippen molar-refractivity contribution in [2.45, 2.75) is 25.8 Å². The summed E-state index contributed by atoms with van der Waals surface area (Å²) < 4.78 is 24.8. The largest absolute Gasteiger partial charge is 0.493 e. The molecule has 0 bridgehead atoms. The highest BCUT2D eigenvalue weighted by Crippen LogP contribution is 2.36. The standard InChI is InChI=1S/C23H21FN6O3/c1-14-8-9-18(30-25-10-11-26-30)16(13-14)23(31)29-12-4-7-19(29)22-27-21(28-33-22)15-5-3-6-17(24)20(15)32-2/h3,5-6,8-11,13,19H,4,7,12H2,1-2H3. The fourth-order valence-electron chi connectivity index (χ4n) is 4.13. The first kappa shape index (κ1) is 20.8. The van der Waals surface area contributed by atoms with E-state index in [0.717, 1.165) is 12.0 Å². The molecule has 33 heavy (non-hydrogen) atoms. The summed E-state index contributed by atoms with van der Waals surface area (Å²) in [6.07, 6.45) is 4.59. The van der Waals surface area contributed by atoms with Gasteiger partial charge in [0, 0.05) is 6.54 Å². The van der Waals surface area contributed by atoms with Crippen molar-refractivity contribution in [3.8, 4) is 22.8 Å². The van der Waals surface area contributed by atoms with Gasteiger partial charge in [-0.2, -0.15) is 20.0 Å². The number of hydrogen-bond acceptors (Lipinski definition) is 7. The van der Waals surface area contributed by atoms with E-state index in [1.807, 2.05) is 25.1 Å². The molecule has 0 N–H and O–H groups in total. The van der Waals surface area contributed by atoms with Crippen LogP contribution in [0.4, 0.5) is 4.39 Å². The van der Waals surface area contributed by atoms with Gasteiger partial charge in [-0.3, -0.25) is 4.79 Å². The topological polar surface area (TPSA) is 99.2 Å². The van der Waals surface area contributed by atoms with Crippen LogP contribution in [0.1, 0.15) is 40.7 Å². The van der Waals surface area contributed by atoms with Crippen LogP contribution in [0.15, 0.2) is 53.3 Å². The van der Waals surface area contributed by atoms with Gasteiger partial charge < -0.3 is 14.2 Å². The Morgan fingerprint density at radius 3 is 2.82 bits per heavy atom. The predicted molar refractivity (Wildman–Crippen MR) is 115 cm³/mol. The van der Waals surface area contributed by atoms with Crippen molar-refractivity contribution in [2.24, 2.45) is 0 Å². The molecular formula is C23H21FN6O3. The number of hydrogen-bond donors (Lipinski definition) is 0. The van der Waals surface area contributed by atoms with Crippen LogP contribution in [0, 0.1) is 12.7 Å². The highest BCUT2D eigenvalue weighted by molar-refractivity contribution is 5.98. The van der Waals surface area contributed by atoms with E-state index >= 15 is 0 Å². The molecule has 1 saturated heterocycles. The zero-order valence-corrected chi connectivity index (χ0v) is 18.1. The van der Waals surface area contributed by atoms with Crippen molar-refractivity contribution in [2.75, 3.05) is 13.7 Å². The molecule has 0 aliphatic carbocycles. The van der Waals surface area contributed by atoms with Gasteiger partial charge in [-0.05, 0) is 44.0 Å². The number of carbonyl (C=O) groups is 1. The number of carbonyl (C=O) groups excluding carboxylic acids is 1. The zero-order chi connectivity index (χ0) is 22.9. The van der Waals surface area contributed by atoms with E-state index in [9.17, 15) is 9.18 Å². The van der Waals surface area contributed by atoms with E-state index in [0.29, 0.717) is 35.7 Å². The normalized spacial score (nSPS) is 15.7. The van der Waals surface area contributed by atoms with Gasteiger partial charge in [0.2, 0.25) is 11.7 Å². The average molecular weight is 448 g/mol. The third-order valence-electron chi connectivity index (χ3n) is 5.67. The van der Waals surface area contributed by atoms with Crippen molar-refractivity contribution >= 4 is 5.91 Å². The number of ether oxygens (including phenoxy) is 1. The fraction of sp³-hybridized carbons (Fsp3) is 0.261. The molecule has 2 aromatic carbocycles. The maximum absolute atomic E-state index is 14.1. The number of aromatic nitrogens is 5. The number of benzene rings is 2. The zero-order valence-electron chi connectivity index (χ0n) is 18.1. The summed E-state index contributed by atoms with van der Waals surface area (Å²) in [6.45, 7) is 2.47. The Kier molecular flexibility index (Phi) is 5.33. The number of methoxy groups -OCH3 is 1. The highest BCUT2D eigenvalue weighted by Gasteiger charge is 2.36. The van der Waals surface area contributed by atoms with Crippen LogP contribution < -0.4 is 4.74 Å². The van der Waals surface area contributed by atoms with Gasteiger partial charge in [-0.15, -0.1) is 0 Å². The third kappa shape index (κ3) is 3.73. The number of halogens is 1. The van der Waals surface area contributed by atoms with Gasteiger partial charge in [0.05, 0.1) is 36.3 Å². The molecule has 168 valence electrons.